The predicted octanol–water partition coefficient (Wildman–Crippen LogP) is 2.29. The smallest absolute Gasteiger partial charge is 0.217 e. The van der Waals surface area contributed by atoms with Crippen molar-refractivity contribution in [1.29, 1.82) is 0 Å². The van der Waals surface area contributed by atoms with Crippen molar-refractivity contribution in [3.8, 4) is 5.75 Å². The molecule has 0 saturated carbocycles. The third-order valence-electron chi connectivity index (χ3n) is 2.09. The van der Waals surface area contributed by atoms with Crippen molar-refractivity contribution in [3.63, 3.8) is 0 Å². The van der Waals surface area contributed by atoms with Gasteiger partial charge < -0.3 is 10.1 Å². The van der Waals surface area contributed by atoms with Crippen molar-refractivity contribution in [2.24, 2.45) is 0 Å². The highest BCUT2D eigenvalue weighted by molar-refractivity contribution is 6.31. The second-order valence-electron chi connectivity index (χ2n) is 3.32. The van der Waals surface area contributed by atoms with Gasteiger partial charge in [-0.3, -0.25) is 4.79 Å². The van der Waals surface area contributed by atoms with E-state index in [1.807, 2.05) is 19.1 Å². The molecule has 0 aromatic heterocycles. The van der Waals surface area contributed by atoms with E-state index in [-0.39, 0.29) is 5.91 Å². The Morgan fingerprint density at radius 3 is 2.73 bits per heavy atom. The second-order valence-corrected chi connectivity index (χ2v) is 3.73. The molecule has 0 bridgehead atoms. The van der Waals surface area contributed by atoms with Crippen LogP contribution >= 0.6 is 11.6 Å². The Hall–Kier alpha value is -1.22. The maximum absolute atomic E-state index is 10.8. The number of carbonyl (C=O) groups excluding carboxylic acids is 1. The van der Waals surface area contributed by atoms with Crippen LogP contribution in [-0.4, -0.2) is 13.0 Å². The van der Waals surface area contributed by atoms with E-state index >= 15 is 0 Å². The fourth-order valence-electron chi connectivity index (χ4n) is 1.24. The molecule has 4 heteroatoms. The van der Waals surface area contributed by atoms with Crippen molar-refractivity contribution >= 4 is 17.5 Å². The lowest BCUT2D eigenvalue weighted by atomic mass is 10.1. The molecule has 0 saturated heterocycles. The summed E-state index contributed by atoms with van der Waals surface area (Å²) in [7, 11) is 1.60. The SMILES string of the molecule is COc1cc(C)c(Cl)cc1CNC(C)=O. The summed E-state index contributed by atoms with van der Waals surface area (Å²) in [6.45, 7) is 3.81. The lowest BCUT2D eigenvalue weighted by Gasteiger charge is -2.11. The van der Waals surface area contributed by atoms with E-state index in [4.69, 9.17) is 16.3 Å². The fraction of sp³-hybridized carbons (Fsp3) is 0.364. The molecule has 1 N–H and O–H groups in total. The van der Waals surface area contributed by atoms with Gasteiger partial charge in [0.25, 0.3) is 0 Å². The summed E-state index contributed by atoms with van der Waals surface area (Å²) in [6.07, 6.45) is 0. The number of methoxy groups -OCH3 is 1. The van der Waals surface area contributed by atoms with Crippen molar-refractivity contribution in [2.45, 2.75) is 20.4 Å². The predicted molar refractivity (Wildman–Crippen MR) is 60.3 cm³/mol. The molecular weight excluding hydrogens is 214 g/mol. The van der Waals surface area contributed by atoms with Crippen LogP contribution in [0.3, 0.4) is 0 Å². The number of aryl methyl sites for hydroxylation is 1. The number of hydrogen-bond acceptors (Lipinski definition) is 2. The molecule has 82 valence electrons. The van der Waals surface area contributed by atoms with Crippen LogP contribution < -0.4 is 10.1 Å². The highest BCUT2D eigenvalue weighted by atomic mass is 35.5. The Morgan fingerprint density at radius 2 is 2.20 bits per heavy atom. The Labute approximate surface area is 94.4 Å². The minimum atomic E-state index is -0.0752. The zero-order valence-electron chi connectivity index (χ0n) is 9.06. The highest BCUT2D eigenvalue weighted by Gasteiger charge is 2.07. The summed E-state index contributed by atoms with van der Waals surface area (Å²) >= 11 is 5.99. The topological polar surface area (TPSA) is 38.3 Å². The van der Waals surface area contributed by atoms with Gasteiger partial charge in [-0.15, -0.1) is 0 Å². The fourth-order valence-corrected chi connectivity index (χ4v) is 1.43. The summed E-state index contributed by atoms with van der Waals surface area (Å²) < 4.78 is 5.20. The molecule has 1 amide bonds. The first-order valence-corrected chi connectivity index (χ1v) is 5.00. The van der Waals surface area contributed by atoms with Crippen LogP contribution in [0, 0.1) is 6.92 Å². The molecule has 0 aliphatic heterocycles. The van der Waals surface area contributed by atoms with Gasteiger partial charge in [0.15, 0.2) is 0 Å². The van der Waals surface area contributed by atoms with E-state index in [0.717, 1.165) is 16.9 Å². The van der Waals surface area contributed by atoms with Gasteiger partial charge in [-0.1, -0.05) is 11.6 Å². The van der Waals surface area contributed by atoms with Gasteiger partial charge in [0.05, 0.1) is 7.11 Å². The van der Waals surface area contributed by atoms with Crippen LogP contribution in [0.5, 0.6) is 5.75 Å². The van der Waals surface area contributed by atoms with Crippen molar-refractivity contribution in [1.82, 2.24) is 5.32 Å². The van der Waals surface area contributed by atoms with Gasteiger partial charge >= 0.3 is 0 Å². The average Bonchev–Trinajstić information content (AvgIpc) is 2.19. The van der Waals surface area contributed by atoms with Gasteiger partial charge in [-0.2, -0.15) is 0 Å². The number of nitrogens with one attached hydrogen (secondary N) is 1. The van der Waals surface area contributed by atoms with Crippen LogP contribution in [-0.2, 0) is 11.3 Å². The molecule has 3 nitrogen and oxygen atoms in total. The van der Waals surface area contributed by atoms with Crippen LogP contribution in [0.4, 0.5) is 0 Å². The summed E-state index contributed by atoms with van der Waals surface area (Å²) in [6, 6.07) is 3.67. The van der Waals surface area contributed by atoms with E-state index in [0.29, 0.717) is 11.6 Å². The Kier molecular flexibility index (Phi) is 3.97. The number of amides is 1. The molecule has 0 spiro atoms. The normalized spacial score (nSPS) is 9.87. The van der Waals surface area contributed by atoms with Gasteiger partial charge in [-0.05, 0) is 24.6 Å². The number of rotatable bonds is 3. The van der Waals surface area contributed by atoms with Gasteiger partial charge in [0, 0.05) is 24.1 Å². The molecule has 0 radical (unpaired) electrons. The van der Waals surface area contributed by atoms with Crippen molar-refractivity contribution < 1.29 is 9.53 Å². The average molecular weight is 228 g/mol. The Morgan fingerprint density at radius 1 is 1.53 bits per heavy atom. The largest absolute Gasteiger partial charge is 0.496 e. The zero-order valence-corrected chi connectivity index (χ0v) is 9.81. The first-order valence-electron chi connectivity index (χ1n) is 4.62. The second kappa shape index (κ2) is 5.03. The summed E-state index contributed by atoms with van der Waals surface area (Å²) in [5.74, 6) is 0.666. The lowest BCUT2D eigenvalue weighted by Crippen LogP contribution is -2.19. The maximum Gasteiger partial charge on any atom is 0.217 e. The minimum Gasteiger partial charge on any atom is -0.496 e. The number of carbonyl (C=O) groups is 1. The highest BCUT2D eigenvalue weighted by Crippen LogP contribution is 2.26. The third-order valence-corrected chi connectivity index (χ3v) is 2.50. The Bertz CT molecular complexity index is 377. The molecule has 15 heavy (non-hydrogen) atoms. The molecule has 0 aliphatic carbocycles. The monoisotopic (exact) mass is 227 g/mol. The van der Waals surface area contributed by atoms with Gasteiger partial charge in [-0.25, -0.2) is 0 Å². The molecule has 1 rings (SSSR count). The summed E-state index contributed by atoms with van der Waals surface area (Å²) in [4.78, 5) is 10.8. The molecule has 1 aromatic carbocycles. The van der Waals surface area contributed by atoms with Crippen LogP contribution in [0.2, 0.25) is 5.02 Å². The molecule has 0 fully saturated rings. The zero-order chi connectivity index (χ0) is 11.4. The van der Waals surface area contributed by atoms with Crippen LogP contribution in [0.1, 0.15) is 18.1 Å². The van der Waals surface area contributed by atoms with Crippen molar-refractivity contribution in [3.05, 3.63) is 28.3 Å². The first-order chi connectivity index (χ1) is 7.04. The van der Waals surface area contributed by atoms with E-state index in [1.165, 1.54) is 6.92 Å². The number of halogens is 1. The van der Waals surface area contributed by atoms with E-state index in [2.05, 4.69) is 5.32 Å². The maximum atomic E-state index is 10.8. The van der Waals surface area contributed by atoms with Crippen molar-refractivity contribution in [2.75, 3.05) is 7.11 Å². The molecule has 0 aliphatic rings. The lowest BCUT2D eigenvalue weighted by molar-refractivity contribution is -0.119. The molecule has 0 atom stereocenters. The number of ether oxygens (including phenoxy) is 1. The standard InChI is InChI=1S/C11H14ClNO2/c1-7-4-11(15-3)9(5-10(7)12)6-13-8(2)14/h4-5H,6H2,1-3H3,(H,13,14). The third kappa shape index (κ3) is 3.13. The summed E-state index contributed by atoms with van der Waals surface area (Å²) in [5.41, 5.74) is 1.84. The molecular formula is C11H14ClNO2. The Balaban J connectivity index is 2.94. The first kappa shape index (κ1) is 11.9. The van der Waals surface area contributed by atoms with Crippen LogP contribution in [0.25, 0.3) is 0 Å². The molecule has 0 unspecified atom stereocenters. The summed E-state index contributed by atoms with van der Waals surface area (Å²) in [5, 5.41) is 3.38. The van der Waals surface area contributed by atoms with E-state index in [9.17, 15) is 4.79 Å². The van der Waals surface area contributed by atoms with E-state index < -0.39 is 0 Å². The molecule has 1 aromatic rings. The van der Waals surface area contributed by atoms with Gasteiger partial charge in [0.1, 0.15) is 5.75 Å². The van der Waals surface area contributed by atoms with Crippen LogP contribution in [0.15, 0.2) is 12.1 Å². The quantitative estimate of drug-likeness (QED) is 0.861. The molecule has 0 heterocycles. The number of benzene rings is 1. The van der Waals surface area contributed by atoms with E-state index in [1.54, 1.807) is 7.11 Å². The minimum absolute atomic E-state index is 0.0752. The number of hydrogen-bond donors (Lipinski definition) is 1. The van der Waals surface area contributed by atoms with Gasteiger partial charge in [0.2, 0.25) is 5.91 Å².